The summed E-state index contributed by atoms with van der Waals surface area (Å²) >= 11 is 1.53. The number of ether oxygens (including phenoxy) is 1. The smallest absolute Gasteiger partial charge is 0.337 e. The zero-order chi connectivity index (χ0) is 17.8. The van der Waals surface area contributed by atoms with Crippen molar-refractivity contribution in [1.29, 1.82) is 0 Å². The molecule has 1 aromatic heterocycles. The molecule has 0 aliphatic rings. The van der Waals surface area contributed by atoms with Gasteiger partial charge in [0.2, 0.25) is 0 Å². The van der Waals surface area contributed by atoms with Crippen molar-refractivity contribution in [3.8, 4) is 5.69 Å². The van der Waals surface area contributed by atoms with E-state index < -0.39 is 5.97 Å². The zero-order valence-electron chi connectivity index (χ0n) is 14.1. The second kappa shape index (κ2) is 7.53. The largest absolute Gasteiger partial charge is 0.465 e. The van der Waals surface area contributed by atoms with Crippen molar-refractivity contribution < 1.29 is 9.53 Å². The maximum Gasteiger partial charge on any atom is 0.337 e. The Balaban J connectivity index is 2.25. The molecule has 0 saturated heterocycles. The van der Waals surface area contributed by atoms with Gasteiger partial charge in [-0.15, -0.1) is 0 Å². The lowest BCUT2D eigenvalue weighted by atomic mass is 10.1. The topological polar surface area (TPSA) is 61.2 Å². The molecule has 0 amide bonds. The Bertz CT molecular complexity index is 968. The number of nitrogens with zero attached hydrogens (tertiary/aromatic N) is 2. The molecular weight excluding hydrogens is 336 g/mol. The average Bonchev–Trinajstić information content (AvgIpc) is 2.66. The zero-order valence-corrected chi connectivity index (χ0v) is 14.9. The number of esters is 1. The minimum atomic E-state index is -0.446. The summed E-state index contributed by atoms with van der Waals surface area (Å²) < 4.78 is 6.37. The molecule has 1 heterocycles. The molecule has 0 aliphatic heterocycles. The number of rotatable bonds is 5. The highest BCUT2D eigenvalue weighted by Gasteiger charge is 2.15. The fraction of sp³-hybridized carbons (Fsp3) is 0.211. The second-order valence-corrected chi connectivity index (χ2v) is 6.50. The van der Waals surface area contributed by atoms with Gasteiger partial charge in [0, 0.05) is 5.75 Å². The molecule has 0 saturated carbocycles. The van der Waals surface area contributed by atoms with E-state index in [0.717, 1.165) is 17.9 Å². The molecule has 0 atom stereocenters. The summed E-state index contributed by atoms with van der Waals surface area (Å²) in [6, 6.07) is 14.3. The van der Waals surface area contributed by atoms with Gasteiger partial charge in [0.05, 0.1) is 29.3 Å². The molecule has 0 spiro atoms. The SMILES string of the molecule is CCCSc1nc2cc(C(=O)OC)ccc2c(=O)n1-c1ccccc1. The fourth-order valence-electron chi connectivity index (χ4n) is 2.51. The highest BCUT2D eigenvalue weighted by atomic mass is 32.2. The molecule has 3 aromatic rings. The Kier molecular flexibility index (Phi) is 5.19. The maximum absolute atomic E-state index is 13.1. The highest BCUT2D eigenvalue weighted by Crippen LogP contribution is 2.22. The molecule has 25 heavy (non-hydrogen) atoms. The van der Waals surface area contributed by atoms with Crippen LogP contribution in [0.3, 0.4) is 0 Å². The van der Waals surface area contributed by atoms with Crippen molar-refractivity contribution in [3.05, 3.63) is 64.4 Å². The van der Waals surface area contributed by atoms with Crippen LogP contribution in [0, 0.1) is 0 Å². The summed E-state index contributed by atoms with van der Waals surface area (Å²) in [6.45, 7) is 2.08. The van der Waals surface area contributed by atoms with Gasteiger partial charge in [0.25, 0.3) is 5.56 Å². The van der Waals surface area contributed by atoms with Crippen LogP contribution in [0.25, 0.3) is 16.6 Å². The van der Waals surface area contributed by atoms with E-state index in [9.17, 15) is 9.59 Å². The van der Waals surface area contributed by atoms with Gasteiger partial charge < -0.3 is 4.74 Å². The van der Waals surface area contributed by atoms with Crippen LogP contribution in [0.2, 0.25) is 0 Å². The Hall–Kier alpha value is -2.60. The molecule has 128 valence electrons. The van der Waals surface area contributed by atoms with Gasteiger partial charge in [-0.1, -0.05) is 36.9 Å². The highest BCUT2D eigenvalue weighted by molar-refractivity contribution is 7.99. The molecule has 5 nitrogen and oxygen atoms in total. The molecule has 0 radical (unpaired) electrons. The summed E-state index contributed by atoms with van der Waals surface area (Å²) in [6.07, 6.45) is 0.968. The van der Waals surface area contributed by atoms with Crippen molar-refractivity contribution in [2.75, 3.05) is 12.9 Å². The molecule has 0 bridgehead atoms. The Morgan fingerprint density at radius 3 is 2.64 bits per heavy atom. The first-order chi connectivity index (χ1) is 12.2. The summed E-state index contributed by atoms with van der Waals surface area (Å²) in [7, 11) is 1.33. The van der Waals surface area contributed by atoms with Crippen LogP contribution in [-0.4, -0.2) is 28.4 Å². The van der Waals surface area contributed by atoms with E-state index in [0.29, 0.717) is 21.6 Å². The predicted molar refractivity (Wildman–Crippen MR) is 99.7 cm³/mol. The predicted octanol–water partition coefficient (Wildman–Crippen LogP) is 3.67. The van der Waals surface area contributed by atoms with Crippen LogP contribution in [0.1, 0.15) is 23.7 Å². The van der Waals surface area contributed by atoms with Crippen LogP contribution in [0.15, 0.2) is 58.5 Å². The lowest BCUT2D eigenvalue weighted by Crippen LogP contribution is -2.22. The summed E-state index contributed by atoms with van der Waals surface area (Å²) in [5.41, 5.74) is 1.51. The Labute approximate surface area is 149 Å². The van der Waals surface area contributed by atoms with Crippen LogP contribution in [-0.2, 0) is 4.74 Å². The third-order valence-corrected chi connectivity index (χ3v) is 4.85. The first-order valence-corrected chi connectivity index (χ1v) is 8.97. The molecule has 0 unspecified atom stereocenters. The van der Waals surface area contributed by atoms with Crippen LogP contribution >= 0.6 is 11.8 Å². The van der Waals surface area contributed by atoms with Gasteiger partial charge >= 0.3 is 5.97 Å². The number of carbonyl (C=O) groups excluding carboxylic acids is 1. The van der Waals surface area contributed by atoms with Gasteiger partial charge in [-0.05, 0) is 36.8 Å². The van der Waals surface area contributed by atoms with Crippen molar-refractivity contribution in [1.82, 2.24) is 9.55 Å². The van der Waals surface area contributed by atoms with Gasteiger partial charge in [0.1, 0.15) is 0 Å². The van der Waals surface area contributed by atoms with E-state index in [1.54, 1.807) is 22.8 Å². The number of para-hydroxylation sites is 1. The molecular formula is C19H18N2O3S. The van der Waals surface area contributed by atoms with Gasteiger partial charge in [-0.25, -0.2) is 9.78 Å². The van der Waals surface area contributed by atoms with Crippen molar-refractivity contribution in [3.63, 3.8) is 0 Å². The summed E-state index contributed by atoms with van der Waals surface area (Å²) in [4.78, 5) is 29.5. The third kappa shape index (κ3) is 3.44. The lowest BCUT2D eigenvalue weighted by molar-refractivity contribution is 0.0601. The number of benzene rings is 2. The molecule has 6 heteroatoms. The molecule has 3 rings (SSSR count). The van der Waals surface area contributed by atoms with Crippen LogP contribution < -0.4 is 5.56 Å². The van der Waals surface area contributed by atoms with Crippen LogP contribution in [0.4, 0.5) is 0 Å². The Morgan fingerprint density at radius 1 is 1.20 bits per heavy atom. The van der Waals surface area contributed by atoms with E-state index in [1.165, 1.54) is 18.9 Å². The van der Waals surface area contributed by atoms with Crippen LogP contribution in [0.5, 0.6) is 0 Å². The first kappa shape index (κ1) is 17.2. The number of hydrogen-bond acceptors (Lipinski definition) is 5. The van der Waals surface area contributed by atoms with E-state index in [1.807, 2.05) is 30.3 Å². The number of carbonyl (C=O) groups is 1. The van der Waals surface area contributed by atoms with Gasteiger partial charge in [-0.3, -0.25) is 9.36 Å². The number of thioether (sulfide) groups is 1. The van der Waals surface area contributed by atoms with Gasteiger partial charge in [-0.2, -0.15) is 0 Å². The summed E-state index contributed by atoms with van der Waals surface area (Å²) in [5.74, 6) is 0.403. The van der Waals surface area contributed by atoms with E-state index in [4.69, 9.17) is 4.74 Å². The number of fused-ring (bicyclic) bond motifs is 1. The van der Waals surface area contributed by atoms with Crippen molar-refractivity contribution in [2.45, 2.75) is 18.5 Å². The second-order valence-electron chi connectivity index (χ2n) is 5.44. The average molecular weight is 354 g/mol. The normalized spacial score (nSPS) is 10.8. The molecule has 2 aromatic carbocycles. The molecule has 0 fully saturated rings. The maximum atomic E-state index is 13.1. The summed E-state index contributed by atoms with van der Waals surface area (Å²) in [5, 5.41) is 1.09. The lowest BCUT2D eigenvalue weighted by Gasteiger charge is -2.13. The van der Waals surface area contributed by atoms with E-state index >= 15 is 0 Å². The van der Waals surface area contributed by atoms with Gasteiger partial charge in [0.15, 0.2) is 5.16 Å². The molecule has 0 N–H and O–H groups in total. The minimum absolute atomic E-state index is 0.147. The first-order valence-electron chi connectivity index (χ1n) is 7.99. The Morgan fingerprint density at radius 2 is 1.96 bits per heavy atom. The number of aromatic nitrogens is 2. The number of methoxy groups -OCH3 is 1. The third-order valence-electron chi connectivity index (χ3n) is 3.71. The minimum Gasteiger partial charge on any atom is -0.465 e. The number of hydrogen-bond donors (Lipinski definition) is 0. The van der Waals surface area contributed by atoms with Crippen molar-refractivity contribution in [2.24, 2.45) is 0 Å². The monoisotopic (exact) mass is 354 g/mol. The van der Waals surface area contributed by atoms with E-state index in [2.05, 4.69) is 11.9 Å². The van der Waals surface area contributed by atoms with E-state index in [-0.39, 0.29) is 5.56 Å². The molecule has 0 aliphatic carbocycles. The quantitative estimate of drug-likeness (QED) is 0.397. The van der Waals surface area contributed by atoms with Crippen molar-refractivity contribution >= 4 is 28.6 Å². The standard InChI is InChI=1S/C19H18N2O3S/c1-3-11-25-19-20-16-12-13(18(23)24-2)9-10-15(16)17(22)21(19)14-7-5-4-6-8-14/h4-10,12H,3,11H2,1-2H3. The fourth-order valence-corrected chi connectivity index (χ4v) is 3.37.